The second-order valence-electron chi connectivity index (χ2n) is 6.35. The predicted octanol–water partition coefficient (Wildman–Crippen LogP) is 1.28. The largest absolute Gasteiger partial charge is 0.350 e. The van der Waals surface area contributed by atoms with Gasteiger partial charge in [0.2, 0.25) is 5.95 Å². The van der Waals surface area contributed by atoms with Crippen LogP contribution in [0.15, 0.2) is 36.5 Å². The van der Waals surface area contributed by atoms with Crippen molar-refractivity contribution in [2.24, 2.45) is 0 Å². The van der Waals surface area contributed by atoms with Crippen molar-refractivity contribution in [1.82, 2.24) is 9.97 Å². The molecule has 130 valence electrons. The quantitative estimate of drug-likeness (QED) is 0.889. The summed E-state index contributed by atoms with van der Waals surface area (Å²) >= 11 is 0. The second kappa shape index (κ2) is 6.11. The van der Waals surface area contributed by atoms with Crippen LogP contribution in [-0.4, -0.2) is 48.4 Å². The number of amides is 1. The number of carbonyl (C=O) groups excluding carboxylic acids is 1. The second-order valence-corrected chi connectivity index (χ2v) is 8.57. The van der Waals surface area contributed by atoms with Gasteiger partial charge in [0.05, 0.1) is 11.5 Å². The molecular weight excluding hydrogens is 340 g/mol. The van der Waals surface area contributed by atoms with Crippen LogP contribution in [0.1, 0.15) is 22.5 Å². The molecule has 0 bridgehead atoms. The molecule has 1 N–H and O–H groups in total. The van der Waals surface area contributed by atoms with Crippen molar-refractivity contribution < 1.29 is 13.2 Å². The zero-order valence-corrected chi connectivity index (χ0v) is 14.4. The molecule has 7 nitrogen and oxygen atoms in total. The van der Waals surface area contributed by atoms with Gasteiger partial charge in [-0.1, -0.05) is 18.2 Å². The molecule has 8 heteroatoms. The molecule has 0 radical (unpaired) electrons. The number of benzene rings is 1. The molecule has 1 aromatic heterocycles. The molecule has 1 saturated heterocycles. The first-order valence-electron chi connectivity index (χ1n) is 8.22. The average Bonchev–Trinajstić information content (AvgIpc) is 3.17. The van der Waals surface area contributed by atoms with Gasteiger partial charge in [-0.3, -0.25) is 4.79 Å². The smallest absolute Gasteiger partial charge is 0.277 e. The SMILES string of the molecule is O=C(c1ccnc(NC2CCS(=O)(=O)C2)n1)N1CCc2ccccc21. The molecule has 2 aromatic rings. The van der Waals surface area contributed by atoms with Crippen LogP contribution in [0.2, 0.25) is 0 Å². The van der Waals surface area contributed by atoms with Gasteiger partial charge in [0.1, 0.15) is 5.69 Å². The van der Waals surface area contributed by atoms with Gasteiger partial charge >= 0.3 is 0 Å². The Morgan fingerprint density at radius 2 is 2.08 bits per heavy atom. The van der Waals surface area contributed by atoms with Crippen LogP contribution in [0.3, 0.4) is 0 Å². The normalized spacial score (nSPS) is 21.1. The van der Waals surface area contributed by atoms with Crippen molar-refractivity contribution in [2.45, 2.75) is 18.9 Å². The number of fused-ring (bicyclic) bond motifs is 1. The van der Waals surface area contributed by atoms with Gasteiger partial charge in [0, 0.05) is 24.5 Å². The molecule has 0 aliphatic carbocycles. The van der Waals surface area contributed by atoms with Gasteiger partial charge in [-0.15, -0.1) is 0 Å². The number of para-hydroxylation sites is 1. The first-order valence-corrected chi connectivity index (χ1v) is 10.0. The van der Waals surface area contributed by atoms with E-state index in [9.17, 15) is 13.2 Å². The summed E-state index contributed by atoms with van der Waals surface area (Å²) in [6.07, 6.45) is 2.88. The number of nitrogens with one attached hydrogen (secondary N) is 1. The van der Waals surface area contributed by atoms with Crippen LogP contribution < -0.4 is 10.2 Å². The number of hydrogen-bond acceptors (Lipinski definition) is 6. The van der Waals surface area contributed by atoms with Gasteiger partial charge in [0.15, 0.2) is 9.84 Å². The van der Waals surface area contributed by atoms with Gasteiger partial charge in [-0.2, -0.15) is 0 Å². The molecule has 1 amide bonds. The van der Waals surface area contributed by atoms with E-state index in [1.54, 1.807) is 11.0 Å². The fourth-order valence-electron chi connectivity index (χ4n) is 3.33. The summed E-state index contributed by atoms with van der Waals surface area (Å²) < 4.78 is 23.1. The minimum atomic E-state index is -2.98. The zero-order valence-electron chi connectivity index (χ0n) is 13.6. The van der Waals surface area contributed by atoms with Crippen molar-refractivity contribution in [2.75, 3.05) is 28.3 Å². The highest BCUT2D eigenvalue weighted by molar-refractivity contribution is 7.91. The van der Waals surface area contributed by atoms with Crippen molar-refractivity contribution >= 4 is 27.4 Å². The van der Waals surface area contributed by atoms with E-state index in [2.05, 4.69) is 15.3 Å². The molecule has 3 heterocycles. The van der Waals surface area contributed by atoms with E-state index in [1.165, 1.54) is 6.20 Å². The van der Waals surface area contributed by atoms with Gasteiger partial charge in [-0.25, -0.2) is 18.4 Å². The number of sulfone groups is 1. The number of hydrogen-bond donors (Lipinski definition) is 1. The fraction of sp³-hybridized carbons (Fsp3) is 0.353. The highest BCUT2D eigenvalue weighted by Gasteiger charge is 2.29. The number of nitrogens with zero attached hydrogens (tertiary/aromatic N) is 3. The fourth-order valence-corrected chi connectivity index (χ4v) is 5.00. The lowest BCUT2D eigenvalue weighted by molar-refractivity contribution is 0.0984. The summed E-state index contributed by atoms with van der Waals surface area (Å²) in [5, 5.41) is 3.03. The molecule has 0 spiro atoms. The summed E-state index contributed by atoms with van der Waals surface area (Å²) in [6, 6.07) is 9.22. The van der Waals surface area contributed by atoms with Gasteiger partial charge < -0.3 is 10.2 Å². The minimum Gasteiger partial charge on any atom is -0.350 e. The van der Waals surface area contributed by atoms with E-state index in [1.807, 2.05) is 24.3 Å². The molecule has 1 atom stereocenters. The maximum Gasteiger partial charge on any atom is 0.277 e. The molecular formula is C17H18N4O3S. The first-order chi connectivity index (χ1) is 12.0. The predicted molar refractivity (Wildman–Crippen MR) is 94.5 cm³/mol. The molecule has 25 heavy (non-hydrogen) atoms. The molecule has 2 aliphatic rings. The molecule has 0 saturated carbocycles. The van der Waals surface area contributed by atoms with Crippen LogP contribution in [0.25, 0.3) is 0 Å². The minimum absolute atomic E-state index is 0.0774. The van der Waals surface area contributed by atoms with E-state index in [0.29, 0.717) is 24.6 Å². The molecule has 1 aromatic carbocycles. The van der Waals surface area contributed by atoms with Crippen LogP contribution in [0, 0.1) is 0 Å². The third-order valence-corrected chi connectivity index (χ3v) is 6.34. The van der Waals surface area contributed by atoms with Crippen LogP contribution in [0.4, 0.5) is 11.6 Å². The number of rotatable bonds is 3. The lowest BCUT2D eigenvalue weighted by Crippen LogP contribution is -2.30. The lowest BCUT2D eigenvalue weighted by Gasteiger charge is -2.17. The topological polar surface area (TPSA) is 92.3 Å². The third kappa shape index (κ3) is 3.21. The zero-order chi connectivity index (χ0) is 17.4. The number of carbonyl (C=O) groups is 1. The number of aromatic nitrogens is 2. The van der Waals surface area contributed by atoms with Crippen LogP contribution in [-0.2, 0) is 16.3 Å². The summed E-state index contributed by atoms with van der Waals surface area (Å²) in [7, 11) is -2.98. The Hall–Kier alpha value is -2.48. The van der Waals surface area contributed by atoms with Gasteiger partial charge in [0.25, 0.3) is 5.91 Å². The Balaban J connectivity index is 1.53. The summed E-state index contributed by atoms with van der Waals surface area (Å²) in [5.41, 5.74) is 2.37. The first kappa shape index (κ1) is 16.0. The van der Waals surface area contributed by atoms with Crippen molar-refractivity contribution in [3.05, 3.63) is 47.8 Å². The van der Waals surface area contributed by atoms with Crippen LogP contribution >= 0.6 is 0 Å². The van der Waals surface area contributed by atoms with Crippen LogP contribution in [0.5, 0.6) is 0 Å². The van der Waals surface area contributed by atoms with E-state index in [4.69, 9.17) is 0 Å². The third-order valence-electron chi connectivity index (χ3n) is 4.57. The van der Waals surface area contributed by atoms with E-state index in [-0.39, 0.29) is 23.5 Å². The Morgan fingerprint density at radius 3 is 2.88 bits per heavy atom. The molecule has 4 rings (SSSR count). The Morgan fingerprint density at radius 1 is 1.24 bits per heavy atom. The Labute approximate surface area is 146 Å². The molecule has 1 unspecified atom stereocenters. The van der Waals surface area contributed by atoms with E-state index < -0.39 is 9.84 Å². The highest BCUT2D eigenvalue weighted by atomic mass is 32.2. The van der Waals surface area contributed by atoms with Gasteiger partial charge in [-0.05, 0) is 30.5 Å². The maximum atomic E-state index is 12.8. The summed E-state index contributed by atoms with van der Waals surface area (Å²) in [4.78, 5) is 22.9. The number of anilines is 2. The average molecular weight is 358 g/mol. The maximum absolute atomic E-state index is 12.8. The summed E-state index contributed by atoms with van der Waals surface area (Å²) in [5.74, 6) is 0.372. The standard InChI is InChI=1S/C17H18N4O3S/c22-16(21-9-6-12-3-1-2-4-15(12)21)14-5-8-18-17(20-14)19-13-7-10-25(23,24)11-13/h1-5,8,13H,6-7,9-11H2,(H,18,19,20). The monoisotopic (exact) mass is 358 g/mol. The van der Waals surface area contributed by atoms with E-state index >= 15 is 0 Å². The Bertz CT molecular complexity index is 929. The lowest BCUT2D eigenvalue weighted by atomic mass is 10.2. The van der Waals surface area contributed by atoms with Crippen molar-refractivity contribution in [1.29, 1.82) is 0 Å². The van der Waals surface area contributed by atoms with Crippen molar-refractivity contribution in [3.8, 4) is 0 Å². The molecule has 1 fully saturated rings. The van der Waals surface area contributed by atoms with E-state index in [0.717, 1.165) is 17.7 Å². The van der Waals surface area contributed by atoms with Crippen molar-refractivity contribution in [3.63, 3.8) is 0 Å². The summed E-state index contributed by atoms with van der Waals surface area (Å²) in [6.45, 7) is 0.631. The molecule has 2 aliphatic heterocycles. The Kier molecular flexibility index (Phi) is 3.91. The highest BCUT2D eigenvalue weighted by Crippen LogP contribution is 2.28.